The highest BCUT2D eigenvalue weighted by Gasteiger charge is 2.83. The number of amides is 2. The Morgan fingerprint density at radius 3 is 2.43 bits per heavy atom. The zero-order valence-corrected chi connectivity index (χ0v) is 30.7. The quantitative estimate of drug-likeness (QED) is 0.295. The van der Waals surface area contributed by atoms with E-state index in [1.807, 2.05) is 19.0 Å². The molecule has 6 saturated carbocycles. The van der Waals surface area contributed by atoms with Gasteiger partial charge in [-0.25, -0.2) is 0 Å². The highest BCUT2D eigenvalue weighted by molar-refractivity contribution is 5.77. The third kappa shape index (κ3) is 4.88. The molecule has 0 aromatic rings. The Morgan fingerprint density at radius 2 is 1.68 bits per heavy atom. The van der Waals surface area contributed by atoms with E-state index in [9.17, 15) is 9.59 Å². The lowest BCUT2D eigenvalue weighted by molar-refractivity contribution is -0.246. The fraction of sp³-hybridized carbons (Fsp3) is 0.950. The second-order valence-electron chi connectivity index (χ2n) is 19.3. The van der Waals surface area contributed by atoms with Crippen LogP contribution < -0.4 is 0 Å². The summed E-state index contributed by atoms with van der Waals surface area (Å²) in [4.78, 5) is 29.0. The number of fused-ring (bicyclic) bond motifs is 4. The lowest BCUT2D eigenvalue weighted by Gasteiger charge is -2.63. The van der Waals surface area contributed by atoms with Crippen LogP contribution in [-0.4, -0.2) is 80.0 Å². The number of hydrogen-bond donors (Lipinski definition) is 0. The second-order valence-corrected chi connectivity index (χ2v) is 19.3. The molecule has 0 N–H and O–H groups in total. The molecule has 2 saturated heterocycles. The molecule has 8 fully saturated rings. The van der Waals surface area contributed by atoms with Gasteiger partial charge >= 0.3 is 0 Å². The van der Waals surface area contributed by atoms with Gasteiger partial charge in [0, 0.05) is 33.5 Å². The monoisotopic (exact) mass is 652 g/mol. The Hall–Kier alpha value is -1.18. The maximum atomic E-state index is 12.9. The largest absolute Gasteiger partial charge is 0.375 e. The number of rotatable bonds is 7. The second kappa shape index (κ2) is 11.2. The third-order valence-electron chi connectivity index (χ3n) is 16.7. The molecule has 8 rings (SSSR count). The molecule has 7 nitrogen and oxygen atoms in total. The van der Waals surface area contributed by atoms with Crippen LogP contribution in [0.25, 0.3) is 0 Å². The van der Waals surface area contributed by atoms with Gasteiger partial charge in [-0.3, -0.25) is 9.59 Å². The average molecular weight is 653 g/mol. The topological polar surface area (TPSA) is 68.3 Å². The van der Waals surface area contributed by atoms with Crippen LogP contribution >= 0.6 is 0 Å². The molecule has 2 heterocycles. The minimum absolute atomic E-state index is 0.0938. The summed E-state index contributed by atoms with van der Waals surface area (Å²) < 4.78 is 20.0. The summed E-state index contributed by atoms with van der Waals surface area (Å²) in [5.74, 6) is 3.87. The van der Waals surface area contributed by atoms with Crippen LogP contribution in [0.4, 0.5) is 0 Å². The van der Waals surface area contributed by atoms with Gasteiger partial charge in [-0.05, 0) is 134 Å². The van der Waals surface area contributed by atoms with Gasteiger partial charge in [0.25, 0.3) is 0 Å². The van der Waals surface area contributed by atoms with E-state index >= 15 is 0 Å². The molecular weight excluding hydrogens is 588 g/mol. The molecule has 0 bridgehead atoms. The van der Waals surface area contributed by atoms with Gasteiger partial charge in [0.2, 0.25) is 11.8 Å². The Labute approximate surface area is 284 Å². The number of morpholine rings is 1. The van der Waals surface area contributed by atoms with Crippen molar-refractivity contribution in [2.75, 3.05) is 33.8 Å². The van der Waals surface area contributed by atoms with Gasteiger partial charge in [-0.1, -0.05) is 34.6 Å². The van der Waals surface area contributed by atoms with Gasteiger partial charge in [-0.2, -0.15) is 0 Å². The summed E-state index contributed by atoms with van der Waals surface area (Å²) in [5.41, 5.74) is 1.66. The van der Waals surface area contributed by atoms with E-state index in [0.717, 1.165) is 25.2 Å². The van der Waals surface area contributed by atoms with Crippen molar-refractivity contribution in [2.24, 2.45) is 56.7 Å². The standard InChI is InChI=1S/C40H64N2O5/c1-25-20-27(10-13-32(43)41(6)7)46-28-22-38(5)30-12-11-29-36(2,3)31(47-34-23-42(18-19-45-34)33(44)21-26-8-9-26)14-15-39(29)24-40(30,39)17-16-37(38,4)35(25)28/h25-31,34-35H,8-24H2,1-7H3/t25-,27?,28?,29?,30+,31+,34?,35?,37-,38+,39-,40+/m1/s1. The van der Waals surface area contributed by atoms with Gasteiger partial charge in [0.1, 0.15) is 0 Å². The summed E-state index contributed by atoms with van der Waals surface area (Å²) in [6.07, 6.45) is 16.5. The van der Waals surface area contributed by atoms with Crippen LogP contribution in [0.5, 0.6) is 0 Å². The summed E-state index contributed by atoms with van der Waals surface area (Å²) in [5, 5.41) is 0. The molecule has 5 unspecified atom stereocenters. The van der Waals surface area contributed by atoms with E-state index in [-0.39, 0.29) is 29.8 Å². The fourth-order valence-corrected chi connectivity index (χ4v) is 14.1. The first-order chi connectivity index (χ1) is 22.2. The summed E-state index contributed by atoms with van der Waals surface area (Å²) in [6.45, 7) is 14.7. The van der Waals surface area contributed by atoms with Gasteiger partial charge in [0.05, 0.1) is 31.5 Å². The molecule has 47 heavy (non-hydrogen) atoms. The van der Waals surface area contributed by atoms with Crippen molar-refractivity contribution in [3.63, 3.8) is 0 Å². The molecule has 2 aliphatic heterocycles. The Balaban J connectivity index is 0.962. The van der Waals surface area contributed by atoms with Crippen molar-refractivity contribution in [3.05, 3.63) is 0 Å². The molecule has 6 aliphatic carbocycles. The third-order valence-corrected chi connectivity index (χ3v) is 16.7. The van der Waals surface area contributed by atoms with Crippen molar-refractivity contribution in [1.29, 1.82) is 0 Å². The number of hydrogen-bond acceptors (Lipinski definition) is 5. The fourth-order valence-electron chi connectivity index (χ4n) is 14.1. The van der Waals surface area contributed by atoms with Gasteiger partial charge < -0.3 is 24.0 Å². The van der Waals surface area contributed by atoms with Crippen molar-refractivity contribution >= 4 is 11.8 Å². The molecule has 12 atom stereocenters. The molecule has 2 spiro atoms. The summed E-state index contributed by atoms with van der Waals surface area (Å²) in [7, 11) is 3.72. The first kappa shape index (κ1) is 33.0. The van der Waals surface area contributed by atoms with Crippen LogP contribution in [0.15, 0.2) is 0 Å². The predicted octanol–water partition coefficient (Wildman–Crippen LogP) is 7.07. The molecule has 0 radical (unpaired) electrons. The maximum absolute atomic E-state index is 12.9. The highest BCUT2D eigenvalue weighted by atomic mass is 16.7. The van der Waals surface area contributed by atoms with E-state index < -0.39 is 0 Å². The summed E-state index contributed by atoms with van der Waals surface area (Å²) in [6, 6.07) is 0. The lowest BCUT2D eigenvalue weighted by atomic mass is 9.41. The number of carbonyl (C=O) groups is 2. The van der Waals surface area contributed by atoms with Crippen LogP contribution in [0.1, 0.15) is 125 Å². The van der Waals surface area contributed by atoms with Gasteiger partial charge in [0.15, 0.2) is 6.29 Å². The first-order valence-electron chi connectivity index (χ1n) is 19.6. The van der Waals surface area contributed by atoms with E-state index in [4.69, 9.17) is 14.2 Å². The highest BCUT2D eigenvalue weighted by Crippen LogP contribution is 2.89. The molecule has 0 aromatic carbocycles. The van der Waals surface area contributed by atoms with Gasteiger partial charge in [-0.15, -0.1) is 0 Å². The minimum Gasteiger partial charge on any atom is -0.375 e. The molecule has 0 aromatic heterocycles. The van der Waals surface area contributed by atoms with E-state index in [0.29, 0.717) is 89.9 Å². The lowest BCUT2D eigenvalue weighted by Crippen LogP contribution is -2.58. The zero-order valence-electron chi connectivity index (χ0n) is 30.7. The smallest absolute Gasteiger partial charge is 0.223 e. The van der Waals surface area contributed by atoms with E-state index in [1.165, 1.54) is 57.8 Å². The number of carbonyl (C=O) groups excluding carboxylic acids is 2. The van der Waals surface area contributed by atoms with E-state index in [2.05, 4.69) is 34.6 Å². The Kier molecular flexibility index (Phi) is 7.83. The molecule has 264 valence electrons. The molecule has 2 amide bonds. The Bertz CT molecular complexity index is 1260. The maximum Gasteiger partial charge on any atom is 0.223 e. The number of nitrogens with zero attached hydrogens (tertiary/aromatic N) is 2. The molecule has 8 aliphatic rings. The molecule has 7 heteroatoms. The van der Waals surface area contributed by atoms with Crippen LogP contribution in [-0.2, 0) is 23.8 Å². The first-order valence-corrected chi connectivity index (χ1v) is 19.6. The number of ether oxygens (including phenoxy) is 3. The van der Waals surface area contributed by atoms with Crippen LogP contribution in [0, 0.1) is 56.7 Å². The van der Waals surface area contributed by atoms with E-state index in [1.54, 1.807) is 4.90 Å². The summed E-state index contributed by atoms with van der Waals surface area (Å²) >= 11 is 0. The predicted molar refractivity (Wildman–Crippen MR) is 181 cm³/mol. The van der Waals surface area contributed by atoms with Crippen molar-refractivity contribution in [2.45, 2.75) is 149 Å². The Morgan fingerprint density at radius 1 is 0.936 bits per heavy atom. The minimum atomic E-state index is -0.294. The van der Waals surface area contributed by atoms with Crippen LogP contribution in [0.3, 0.4) is 0 Å². The van der Waals surface area contributed by atoms with Crippen molar-refractivity contribution in [1.82, 2.24) is 9.80 Å². The zero-order chi connectivity index (χ0) is 33.1. The molecular formula is C40H64N2O5. The van der Waals surface area contributed by atoms with Crippen molar-refractivity contribution in [3.8, 4) is 0 Å². The SMILES string of the molecule is C[C@@H]1CC(CCC(=O)N(C)C)OC2C[C@@]3(C)[C@@H]4CCC5C(C)(C)[C@@H](OC6CN(C(=O)CC7CC7)CCO6)CC[C@@]56C[C@@]46CC[C@]3(C)C21. The normalized spacial score (nSPS) is 49.6. The van der Waals surface area contributed by atoms with Crippen molar-refractivity contribution < 1.29 is 23.8 Å². The van der Waals surface area contributed by atoms with Crippen LogP contribution in [0.2, 0.25) is 0 Å². The average Bonchev–Trinajstić information content (AvgIpc) is 3.93.